The molecule has 2 rings (SSSR count). The van der Waals surface area contributed by atoms with Crippen LogP contribution in [0.4, 0.5) is 0 Å². The number of aliphatic hydroxyl groups is 1. The van der Waals surface area contributed by atoms with Crippen LogP contribution in [0.15, 0.2) is 14.3 Å². The summed E-state index contributed by atoms with van der Waals surface area (Å²) in [4.78, 5) is 1.00. The Labute approximate surface area is 136 Å². The predicted octanol–water partition coefficient (Wildman–Crippen LogP) is 4.85. The number of hydrogen-bond donors (Lipinski definition) is 2. The van der Waals surface area contributed by atoms with Crippen LogP contribution in [-0.4, -0.2) is 11.7 Å². The maximum Gasteiger partial charge on any atom is 0.0950 e. The Bertz CT molecular complexity index is 429. The molecule has 1 aromatic rings. The van der Waals surface area contributed by atoms with Gasteiger partial charge in [0.1, 0.15) is 0 Å². The fourth-order valence-electron chi connectivity index (χ4n) is 2.81. The number of hydrogen-bond acceptors (Lipinski definition) is 3. The Balaban J connectivity index is 2.22. The standard InChI is InChI=1S/C14H21Br2NOS/c1-13(2)3-5-14(8-17,6-4-13)11(18)10-7-9(15)12(16)19-10/h7,11,18H,3-6,8,17H2,1-2H3. The molecule has 1 unspecified atom stereocenters. The summed E-state index contributed by atoms with van der Waals surface area (Å²) in [6.07, 6.45) is 3.82. The van der Waals surface area contributed by atoms with Crippen LogP contribution < -0.4 is 5.73 Å². The first-order valence-corrected chi connectivity index (χ1v) is 9.03. The molecule has 0 radical (unpaired) electrons. The lowest BCUT2D eigenvalue weighted by molar-refractivity contribution is -0.0215. The van der Waals surface area contributed by atoms with E-state index in [0.717, 1.165) is 38.8 Å². The molecule has 19 heavy (non-hydrogen) atoms. The summed E-state index contributed by atoms with van der Waals surface area (Å²) in [5, 5.41) is 10.8. The number of halogens is 2. The molecule has 1 aromatic heterocycles. The van der Waals surface area contributed by atoms with Crippen molar-refractivity contribution in [2.75, 3.05) is 6.54 Å². The van der Waals surface area contributed by atoms with Gasteiger partial charge in [-0.2, -0.15) is 0 Å². The van der Waals surface area contributed by atoms with Crippen molar-refractivity contribution >= 4 is 43.2 Å². The summed E-state index contributed by atoms with van der Waals surface area (Å²) in [5.41, 5.74) is 6.26. The van der Waals surface area contributed by atoms with E-state index >= 15 is 0 Å². The van der Waals surface area contributed by atoms with E-state index in [1.807, 2.05) is 6.07 Å². The van der Waals surface area contributed by atoms with Crippen LogP contribution in [0.25, 0.3) is 0 Å². The zero-order chi connectivity index (χ0) is 14.3. The molecule has 2 nitrogen and oxygen atoms in total. The average Bonchev–Trinajstić information content (AvgIpc) is 2.70. The Morgan fingerprint density at radius 3 is 2.32 bits per heavy atom. The van der Waals surface area contributed by atoms with Gasteiger partial charge in [-0.15, -0.1) is 11.3 Å². The monoisotopic (exact) mass is 409 g/mol. The Kier molecular flexibility index (Phi) is 4.84. The number of thiophene rings is 1. The highest BCUT2D eigenvalue weighted by Gasteiger charge is 2.43. The van der Waals surface area contributed by atoms with Crippen molar-refractivity contribution in [3.63, 3.8) is 0 Å². The molecule has 1 fully saturated rings. The summed E-state index contributed by atoms with van der Waals surface area (Å²) in [6.45, 7) is 5.16. The normalized spacial score (nSPS) is 23.3. The highest BCUT2D eigenvalue weighted by Crippen LogP contribution is 2.52. The van der Waals surface area contributed by atoms with Gasteiger partial charge in [0.15, 0.2) is 0 Å². The van der Waals surface area contributed by atoms with E-state index in [0.29, 0.717) is 12.0 Å². The minimum Gasteiger partial charge on any atom is -0.387 e. The second kappa shape index (κ2) is 5.76. The number of aliphatic hydroxyl groups excluding tert-OH is 1. The minimum absolute atomic E-state index is 0.154. The number of nitrogens with two attached hydrogens (primary N) is 1. The third kappa shape index (κ3) is 3.26. The fraction of sp³-hybridized carbons (Fsp3) is 0.714. The van der Waals surface area contributed by atoms with Crippen LogP contribution in [0.1, 0.15) is 50.5 Å². The molecule has 1 saturated carbocycles. The third-order valence-corrected chi connectivity index (χ3v) is 7.83. The van der Waals surface area contributed by atoms with E-state index in [1.54, 1.807) is 11.3 Å². The predicted molar refractivity (Wildman–Crippen MR) is 88.4 cm³/mol. The summed E-state index contributed by atoms with van der Waals surface area (Å²) >= 11 is 8.58. The molecule has 1 aliphatic carbocycles. The summed E-state index contributed by atoms with van der Waals surface area (Å²) in [5.74, 6) is 0. The van der Waals surface area contributed by atoms with Gasteiger partial charge in [-0.25, -0.2) is 0 Å². The number of rotatable bonds is 3. The van der Waals surface area contributed by atoms with Crippen molar-refractivity contribution in [3.8, 4) is 0 Å². The van der Waals surface area contributed by atoms with Crippen molar-refractivity contribution in [1.82, 2.24) is 0 Å². The molecular weight excluding hydrogens is 390 g/mol. The Morgan fingerprint density at radius 2 is 1.89 bits per heavy atom. The maximum absolute atomic E-state index is 10.8. The topological polar surface area (TPSA) is 46.2 Å². The lowest BCUT2D eigenvalue weighted by Crippen LogP contribution is -2.41. The van der Waals surface area contributed by atoms with Crippen LogP contribution in [0.2, 0.25) is 0 Å². The Hall–Kier alpha value is 0.580. The quantitative estimate of drug-likeness (QED) is 0.747. The van der Waals surface area contributed by atoms with Crippen LogP contribution in [0.3, 0.4) is 0 Å². The molecule has 0 bridgehead atoms. The highest BCUT2D eigenvalue weighted by molar-refractivity contribution is 9.13. The lowest BCUT2D eigenvalue weighted by Gasteiger charge is -2.45. The lowest BCUT2D eigenvalue weighted by atomic mass is 9.62. The largest absolute Gasteiger partial charge is 0.387 e. The Morgan fingerprint density at radius 1 is 1.32 bits per heavy atom. The van der Waals surface area contributed by atoms with Crippen LogP contribution >= 0.6 is 43.2 Å². The van der Waals surface area contributed by atoms with Crippen molar-refractivity contribution in [2.24, 2.45) is 16.6 Å². The highest BCUT2D eigenvalue weighted by atomic mass is 79.9. The summed E-state index contributed by atoms with van der Waals surface area (Å²) in [6, 6.07) is 2.01. The molecule has 1 atom stereocenters. The molecule has 0 saturated heterocycles. The first kappa shape index (κ1) is 16.0. The molecule has 3 N–H and O–H groups in total. The fourth-order valence-corrected chi connectivity index (χ4v) is 5.03. The molecule has 108 valence electrons. The SMILES string of the molecule is CC1(C)CCC(CN)(C(O)c2cc(Br)c(Br)s2)CC1. The van der Waals surface area contributed by atoms with Gasteiger partial charge in [0.25, 0.3) is 0 Å². The maximum atomic E-state index is 10.8. The summed E-state index contributed by atoms with van der Waals surface area (Å²) < 4.78 is 2.04. The van der Waals surface area contributed by atoms with Crippen molar-refractivity contribution in [1.29, 1.82) is 0 Å². The van der Waals surface area contributed by atoms with Gasteiger partial charge in [0.2, 0.25) is 0 Å². The van der Waals surface area contributed by atoms with E-state index in [9.17, 15) is 5.11 Å². The van der Waals surface area contributed by atoms with Gasteiger partial charge in [0.05, 0.1) is 9.89 Å². The minimum atomic E-state index is -0.457. The summed E-state index contributed by atoms with van der Waals surface area (Å²) in [7, 11) is 0. The van der Waals surface area contributed by atoms with Gasteiger partial charge in [-0.05, 0) is 69.0 Å². The van der Waals surface area contributed by atoms with Crippen molar-refractivity contribution < 1.29 is 5.11 Å². The molecule has 0 spiro atoms. The third-order valence-electron chi connectivity index (χ3n) is 4.52. The second-order valence-electron chi connectivity index (χ2n) is 6.40. The van der Waals surface area contributed by atoms with Crippen LogP contribution in [0.5, 0.6) is 0 Å². The molecular formula is C14H21Br2NOS. The molecule has 5 heteroatoms. The smallest absolute Gasteiger partial charge is 0.0950 e. The second-order valence-corrected chi connectivity index (χ2v) is 9.66. The molecule has 0 aliphatic heterocycles. The van der Waals surface area contributed by atoms with Crippen molar-refractivity contribution in [3.05, 3.63) is 19.2 Å². The van der Waals surface area contributed by atoms with Gasteiger partial charge in [-0.1, -0.05) is 13.8 Å². The van der Waals surface area contributed by atoms with E-state index < -0.39 is 6.10 Å². The van der Waals surface area contributed by atoms with E-state index in [4.69, 9.17) is 5.73 Å². The van der Waals surface area contributed by atoms with E-state index in [-0.39, 0.29) is 5.41 Å². The van der Waals surface area contributed by atoms with Crippen LogP contribution in [0, 0.1) is 10.8 Å². The van der Waals surface area contributed by atoms with Gasteiger partial charge < -0.3 is 10.8 Å². The van der Waals surface area contributed by atoms with Crippen molar-refractivity contribution in [2.45, 2.75) is 45.6 Å². The van der Waals surface area contributed by atoms with Gasteiger partial charge in [-0.3, -0.25) is 0 Å². The average molecular weight is 411 g/mol. The first-order valence-electron chi connectivity index (χ1n) is 6.63. The molecule has 1 aliphatic rings. The van der Waals surface area contributed by atoms with Gasteiger partial charge in [0, 0.05) is 21.3 Å². The molecule has 0 amide bonds. The molecule has 1 heterocycles. The zero-order valence-corrected chi connectivity index (χ0v) is 15.4. The van der Waals surface area contributed by atoms with Crippen LogP contribution in [-0.2, 0) is 0 Å². The van der Waals surface area contributed by atoms with Gasteiger partial charge >= 0.3 is 0 Å². The first-order chi connectivity index (χ1) is 8.80. The van der Waals surface area contributed by atoms with E-state index in [2.05, 4.69) is 45.7 Å². The molecule has 0 aromatic carbocycles. The van der Waals surface area contributed by atoms with E-state index in [1.165, 1.54) is 0 Å². The zero-order valence-electron chi connectivity index (χ0n) is 11.4.